The van der Waals surface area contributed by atoms with Crippen molar-refractivity contribution in [1.29, 1.82) is 0 Å². The Morgan fingerprint density at radius 3 is 2.62 bits per heavy atom. The molecule has 1 aliphatic rings. The topological polar surface area (TPSA) is 56.4 Å². The number of hydrazine groups is 3. The molecule has 0 radical (unpaired) electrons. The second kappa shape index (κ2) is 3.42. The quantitative estimate of drug-likeness (QED) is 0.603. The molecule has 3 N–H and O–H groups in total. The molecule has 0 spiro atoms. The molecule has 1 saturated heterocycles. The highest BCUT2D eigenvalue weighted by atomic mass is 16.2. The average molecular weight is 178 g/mol. The van der Waals surface area contributed by atoms with Crippen LogP contribution in [0.25, 0.3) is 0 Å². The SMILES string of the molecule is O=C1NNNN1Cc1ccccc1. The van der Waals surface area contributed by atoms with Crippen LogP contribution in [-0.4, -0.2) is 11.0 Å². The number of hydrogen-bond acceptors (Lipinski definition) is 3. The zero-order valence-corrected chi connectivity index (χ0v) is 6.95. The molecule has 5 nitrogen and oxygen atoms in total. The van der Waals surface area contributed by atoms with Gasteiger partial charge in [0, 0.05) is 0 Å². The lowest BCUT2D eigenvalue weighted by molar-refractivity contribution is 0.194. The summed E-state index contributed by atoms with van der Waals surface area (Å²) in [6.45, 7) is 0.541. The maximum Gasteiger partial charge on any atom is 0.348 e. The normalized spacial score (nSPS) is 16.0. The summed E-state index contributed by atoms with van der Waals surface area (Å²) < 4.78 is 0. The summed E-state index contributed by atoms with van der Waals surface area (Å²) in [6, 6.07) is 9.58. The molecule has 5 heteroatoms. The number of nitrogens with one attached hydrogen (secondary N) is 3. The second-order valence-electron chi connectivity index (χ2n) is 2.74. The van der Waals surface area contributed by atoms with E-state index in [4.69, 9.17) is 0 Å². The summed E-state index contributed by atoms with van der Waals surface area (Å²) in [6.07, 6.45) is 0. The van der Waals surface area contributed by atoms with Gasteiger partial charge in [-0.3, -0.25) is 5.43 Å². The minimum absolute atomic E-state index is 0.177. The van der Waals surface area contributed by atoms with Crippen LogP contribution in [-0.2, 0) is 6.54 Å². The predicted molar refractivity (Wildman–Crippen MR) is 46.8 cm³/mol. The first-order chi connectivity index (χ1) is 6.36. The Hall–Kier alpha value is -1.59. The lowest BCUT2D eigenvalue weighted by Gasteiger charge is -2.12. The summed E-state index contributed by atoms with van der Waals surface area (Å²) in [5.41, 5.74) is 8.69. The molecule has 0 atom stereocenters. The van der Waals surface area contributed by atoms with Gasteiger partial charge in [-0.25, -0.2) is 9.80 Å². The van der Waals surface area contributed by atoms with Crippen LogP contribution in [0.2, 0.25) is 0 Å². The van der Waals surface area contributed by atoms with Gasteiger partial charge >= 0.3 is 6.03 Å². The van der Waals surface area contributed by atoms with Crippen molar-refractivity contribution in [2.24, 2.45) is 0 Å². The van der Waals surface area contributed by atoms with Crippen molar-refractivity contribution in [3.63, 3.8) is 0 Å². The highest BCUT2D eigenvalue weighted by Gasteiger charge is 2.18. The van der Waals surface area contributed by atoms with E-state index in [-0.39, 0.29) is 6.03 Å². The van der Waals surface area contributed by atoms with Gasteiger partial charge < -0.3 is 0 Å². The Morgan fingerprint density at radius 2 is 2.00 bits per heavy atom. The van der Waals surface area contributed by atoms with Crippen LogP contribution >= 0.6 is 0 Å². The minimum atomic E-state index is -0.177. The van der Waals surface area contributed by atoms with E-state index in [1.807, 2.05) is 30.3 Å². The Kier molecular flexibility index (Phi) is 2.11. The first-order valence-electron chi connectivity index (χ1n) is 3.98. The standard InChI is InChI=1S/C8H10N4O/c13-8-9-10-11-12(8)6-7-4-2-1-3-5-7/h1-5,10-11H,6H2,(H,9,13). The molecule has 2 amide bonds. The summed E-state index contributed by atoms with van der Waals surface area (Å²) >= 11 is 0. The average Bonchev–Trinajstić information content (AvgIpc) is 2.54. The highest BCUT2D eigenvalue weighted by molar-refractivity contribution is 5.74. The summed E-state index contributed by atoms with van der Waals surface area (Å²) in [5.74, 6) is 0. The van der Waals surface area contributed by atoms with Gasteiger partial charge in [0.05, 0.1) is 6.54 Å². The van der Waals surface area contributed by atoms with Crippen molar-refractivity contribution in [3.8, 4) is 0 Å². The zero-order valence-electron chi connectivity index (χ0n) is 6.95. The number of carbonyl (C=O) groups excluding carboxylic acids is 1. The number of hydrogen-bond donors (Lipinski definition) is 3. The largest absolute Gasteiger partial charge is 0.348 e. The van der Waals surface area contributed by atoms with Gasteiger partial charge in [0.25, 0.3) is 0 Å². The molecular weight excluding hydrogens is 168 g/mol. The van der Waals surface area contributed by atoms with Crippen molar-refractivity contribution in [2.45, 2.75) is 6.54 Å². The molecule has 1 aromatic carbocycles. The summed E-state index contributed by atoms with van der Waals surface area (Å²) in [4.78, 5) is 11.1. The molecular formula is C8H10N4O. The van der Waals surface area contributed by atoms with Crippen LogP contribution in [0.4, 0.5) is 4.79 Å². The van der Waals surface area contributed by atoms with Crippen LogP contribution in [0.1, 0.15) is 5.56 Å². The molecule has 1 fully saturated rings. The summed E-state index contributed by atoms with van der Waals surface area (Å²) in [5, 5.41) is 1.45. The summed E-state index contributed by atoms with van der Waals surface area (Å²) in [7, 11) is 0. The third kappa shape index (κ3) is 1.77. The molecule has 2 rings (SSSR count). The maximum absolute atomic E-state index is 11.1. The molecule has 0 saturated carbocycles. The van der Waals surface area contributed by atoms with Crippen molar-refractivity contribution < 1.29 is 4.79 Å². The van der Waals surface area contributed by atoms with E-state index in [0.29, 0.717) is 6.54 Å². The monoisotopic (exact) mass is 178 g/mol. The van der Waals surface area contributed by atoms with E-state index >= 15 is 0 Å². The first kappa shape index (κ1) is 8.03. The number of amides is 2. The van der Waals surface area contributed by atoms with E-state index in [9.17, 15) is 4.79 Å². The van der Waals surface area contributed by atoms with Crippen molar-refractivity contribution in [2.75, 3.05) is 0 Å². The molecule has 0 bridgehead atoms. The molecule has 0 aliphatic carbocycles. The molecule has 1 heterocycles. The second-order valence-corrected chi connectivity index (χ2v) is 2.74. The Bertz CT molecular complexity index is 300. The fraction of sp³-hybridized carbons (Fsp3) is 0.125. The zero-order chi connectivity index (χ0) is 9.10. The van der Waals surface area contributed by atoms with E-state index in [1.54, 1.807) is 0 Å². The third-order valence-corrected chi connectivity index (χ3v) is 1.79. The Balaban J connectivity index is 2.02. The van der Waals surface area contributed by atoms with Crippen molar-refractivity contribution in [3.05, 3.63) is 35.9 Å². The highest BCUT2D eigenvalue weighted by Crippen LogP contribution is 2.02. The van der Waals surface area contributed by atoms with Crippen molar-refractivity contribution >= 4 is 6.03 Å². The van der Waals surface area contributed by atoms with Crippen LogP contribution < -0.4 is 16.5 Å². The number of benzene rings is 1. The van der Waals surface area contributed by atoms with Gasteiger partial charge in [0.15, 0.2) is 0 Å². The molecule has 68 valence electrons. The van der Waals surface area contributed by atoms with Crippen LogP contribution in [0.15, 0.2) is 30.3 Å². The van der Waals surface area contributed by atoms with Crippen molar-refractivity contribution in [1.82, 2.24) is 21.5 Å². The molecule has 0 aromatic heterocycles. The van der Waals surface area contributed by atoms with Gasteiger partial charge in [0.1, 0.15) is 0 Å². The van der Waals surface area contributed by atoms with Gasteiger partial charge in [0.2, 0.25) is 0 Å². The fourth-order valence-electron chi connectivity index (χ4n) is 1.14. The number of urea groups is 1. The Morgan fingerprint density at radius 1 is 1.23 bits per heavy atom. The number of carbonyl (C=O) groups is 1. The minimum Gasteiger partial charge on any atom is -0.257 e. The number of nitrogens with zero attached hydrogens (tertiary/aromatic N) is 1. The first-order valence-corrected chi connectivity index (χ1v) is 3.98. The van der Waals surface area contributed by atoms with Crippen LogP contribution in [0, 0.1) is 0 Å². The fourth-order valence-corrected chi connectivity index (χ4v) is 1.14. The Labute approximate surface area is 75.6 Å². The lowest BCUT2D eigenvalue weighted by atomic mass is 10.2. The molecule has 13 heavy (non-hydrogen) atoms. The van der Waals surface area contributed by atoms with E-state index in [0.717, 1.165) is 5.56 Å². The van der Waals surface area contributed by atoms with Crippen LogP contribution in [0.3, 0.4) is 0 Å². The maximum atomic E-state index is 11.1. The molecule has 1 aromatic rings. The third-order valence-electron chi connectivity index (χ3n) is 1.79. The number of rotatable bonds is 2. The van der Waals surface area contributed by atoms with E-state index in [1.165, 1.54) is 5.01 Å². The van der Waals surface area contributed by atoms with Gasteiger partial charge in [-0.1, -0.05) is 30.3 Å². The smallest absolute Gasteiger partial charge is 0.257 e. The van der Waals surface area contributed by atoms with Crippen LogP contribution in [0.5, 0.6) is 0 Å². The van der Waals surface area contributed by atoms with E-state index < -0.39 is 0 Å². The molecule has 1 aliphatic heterocycles. The van der Waals surface area contributed by atoms with E-state index in [2.05, 4.69) is 16.5 Å². The lowest BCUT2D eigenvalue weighted by Crippen LogP contribution is -2.36. The van der Waals surface area contributed by atoms with Gasteiger partial charge in [-0.15, -0.1) is 11.1 Å². The molecule has 0 unspecified atom stereocenters. The van der Waals surface area contributed by atoms with Gasteiger partial charge in [-0.05, 0) is 5.56 Å². The van der Waals surface area contributed by atoms with Gasteiger partial charge in [-0.2, -0.15) is 0 Å². The predicted octanol–water partition coefficient (Wildman–Crippen LogP) is 0.136.